The lowest BCUT2D eigenvalue weighted by molar-refractivity contribution is -0.347. The van der Waals surface area contributed by atoms with E-state index >= 15 is 0 Å². The minimum absolute atomic E-state index is 0.119. The van der Waals surface area contributed by atoms with Gasteiger partial charge in [-0.2, -0.15) is 10.4 Å². The number of nitrogens with one attached hydrogen (secondary N) is 1. The summed E-state index contributed by atoms with van der Waals surface area (Å²) < 4.78 is 0. The van der Waals surface area contributed by atoms with Crippen LogP contribution in [0.2, 0.25) is 0 Å². The fourth-order valence-electron chi connectivity index (χ4n) is 2.37. The molecule has 0 heterocycles. The van der Waals surface area contributed by atoms with Crippen LogP contribution in [0.25, 0.3) is 0 Å². The first-order valence-corrected chi connectivity index (χ1v) is 8.65. The highest BCUT2D eigenvalue weighted by atomic mass is 17.3. The number of aliphatic carboxylic acids is 1. The van der Waals surface area contributed by atoms with Crippen molar-refractivity contribution in [3.63, 3.8) is 0 Å². The molecule has 144 valence electrons. The largest absolute Gasteiger partial charge is 0.479 e. The summed E-state index contributed by atoms with van der Waals surface area (Å²) in [5.41, 5.74) is 1.59. The normalized spacial score (nSPS) is 11.7. The third-order valence-electron chi connectivity index (χ3n) is 3.80. The number of carbonyl (C=O) groups excluding carboxylic acids is 1. The van der Waals surface area contributed by atoms with E-state index in [9.17, 15) is 14.4 Å². The van der Waals surface area contributed by atoms with Crippen molar-refractivity contribution in [2.45, 2.75) is 58.0 Å². The van der Waals surface area contributed by atoms with Gasteiger partial charge in [-0.15, -0.1) is 4.99 Å². The van der Waals surface area contributed by atoms with Crippen LogP contribution in [0.15, 0.2) is 24.3 Å². The highest BCUT2D eigenvalue weighted by Crippen LogP contribution is 2.12. The monoisotopic (exact) mass is 367 g/mol. The summed E-state index contributed by atoms with van der Waals surface area (Å²) in [5, 5.41) is 18.2. The molecule has 8 heteroatoms. The third kappa shape index (κ3) is 7.62. The van der Waals surface area contributed by atoms with Crippen LogP contribution in [-0.2, 0) is 14.7 Å². The van der Waals surface area contributed by atoms with Crippen LogP contribution in [-0.4, -0.2) is 34.2 Å². The molecule has 1 unspecified atom stereocenters. The van der Waals surface area contributed by atoms with Crippen molar-refractivity contribution in [3.8, 4) is 0 Å². The molecule has 1 amide bonds. The number of rotatable bonds is 13. The third-order valence-corrected chi connectivity index (χ3v) is 3.80. The lowest BCUT2D eigenvalue weighted by Crippen LogP contribution is -2.31. The van der Waals surface area contributed by atoms with Gasteiger partial charge in [0.05, 0.1) is 11.1 Å². The van der Waals surface area contributed by atoms with Gasteiger partial charge in [0.25, 0.3) is 5.91 Å². The number of carbonyl (C=O) groups is 3. The van der Waals surface area contributed by atoms with E-state index in [4.69, 9.17) is 15.1 Å². The van der Waals surface area contributed by atoms with E-state index < -0.39 is 23.9 Å². The van der Waals surface area contributed by atoms with Crippen molar-refractivity contribution in [3.05, 3.63) is 35.4 Å². The number of hydrogen-bond donors (Lipinski definition) is 3. The molecule has 0 aliphatic heterocycles. The van der Waals surface area contributed by atoms with Gasteiger partial charge in [0.2, 0.25) is 0 Å². The molecule has 0 saturated carbocycles. The average Bonchev–Trinajstić information content (AvgIpc) is 2.62. The van der Waals surface area contributed by atoms with Crippen LogP contribution < -0.4 is 5.48 Å². The van der Waals surface area contributed by atoms with Gasteiger partial charge in [0.15, 0.2) is 6.10 Å². The smallest absolute Gasteiger partial charge is 0.336 e. The van der Waals surface area contributed by atoms with Crippen molar-refractivity contribution in [1.82, 2.24) is 5.48 Å². The first-order chi connectivity index (χ1) is 12.5. The molecule has 0 radical (unpaired) electrons. The second-order valence-corrected chi connectivity index (χ2v) is 5.84. The predicted molar refractivity (Wildman–Crippen MR) is 92.5 cm³/mol. The Labute approximate surface area is 152 Å². The molecule has 1 aromatic rings. The van der Waals surface area contributed by atoms with Gasteiger partial charge in [-0.05, 0) is 18.6 Å². The summed E-state index contributed by atoms with van der Waals surface area (Å²) in [6.45, 7) is 2.12. The Balaban J connectivity index is 2.42. The van der Waals surface area contributed by atoms with E-state index in [0.29, 0.717) is 6.42 Å². The number of carboxylic acids is 2. The molecular formula is C18H25NO7. The summed E-state index contributed by atoms with van der Waals surface area (Å²) in [5.74, 6) is -3.30. The lowest BCUT2D eigenvalue weighted by Gasteiger charge is -2.12. The zero-order chi connectivity index (χ0) is 19.4. The van der Waals surface area contributed by atoms with Gasteiger partial charge in [0, 0.05) is 0 Å². The average molecular weight is 367 g/mol. The first-order valence-electron chi connectivity index (χ1n) is 8.65. The molecule has 0 spiro atoms. The van der Waals surface area contributed by atoms with E-state index in [1.807, 2.05) is 5.48 Å². The van der Waals surface area contributed by atoms with Gasteiger partial charge < -0.3 is 10.2 Å². The number of amides is 1. The zero-order valence-electron chi connectivity index (χ0n) is 14.8. The summed E-state index contributed by atoms with van der Waals surface area (Å²) in [7, 11) is 0. The second-order valence-electron chi connectivity index (χ2n) is 5.84. The Morgan fingerprint density at radius 2 is 1.62 bits per heavy atom. The second kappa shape index (κ2) is 12.0. The minimum atomic E-state index is -1.26. The van der Waals surface area contributed by atoms with Crippen molar-refractivity contribution < 1.29 is 34.5 Å². The van der Waals surface area contributed by atoms with Crippen LogP contribution in [0, 0.1) is 0 Å². The molecule has 1 atom stereocenters. The quantitative estimate of drug-likeness (QED) is 0.278. The van der Waals surface area contributed by atoms with E-state index in [1.165, 1.54) is 24.3 Å². The number of carboxylic acid groups (broad SMARTS) is 2. The topological polar surface area (TPSA) is 122 Å². The Morgan fingerprint density at radius 1 is 1.00 bits per heavy atom. The molecule has 0 aliphatic rings. The number of unbranched alkanes of at least 4 members (excludes halogenated alkanes) is 5. The van der Waals surface area contributed by atoms with Crippen LogP contribution in [0.4, 0.5) is 0 Å². The number of benzene rings is 1. The molecule has 0 bridgehead atoms. The first kappa shape index (κ1) is 21.6. The maximum atomic E-state index is 12.0. The lowest BCUT2D eigenvalue weighted by atomic mass is 10.1. The molecule has 8 nitrogen and oxygen atoms in total. The Morgan fingerprint density at radius 3 is 2.23 bits per heavy atom. The van der Waals surface area contributed by atoms with Gasteiger partial charge in [-0.3, -0.25) is 4.79 Å². The molecule has 0 aliphatic carbocycles. The fraction of sp³-hybridized carbons (Fsp3) is 0.500. The number of hydrogen-bond acceptors (Lipinski definition) is 5. The van der Waals surface area contributed by atoms with E-state index in [-0.39, 0.29) is 17.5 Å². The molecular weight excluding hydrogens is 342 g/mol. The molecule has 3 N–H and O–H groups in total. The summed E-state index contributed by atoms with van der Waals surface area (Å²) in [6, 6.07) is 5.57. The fourth-order valence-corrected chi connectivity index (χ4v) is 2.37. The van der Waals surface area contributed by atoms with Crippen LogP contribution in [0.3, 0.4) is 0 Å². The molecule has 0 aromatic heterocycles. The molecule has 0 saturated heterocycles. The van der Waals surface area contributed by atoms with Gasteiger partial charge >= 0.3 is 11.9 Å². The standard InChI is InChI=1S/C18H25NO7/c1-2-3-4-5-6-7-12-15(18(23)24)25-26-19-16(20)13-10-8-9-11-14(13)17(21)22/h8-11,15H,2-7,12H2,1H3,(H,19,20)(H,21,22)(H,23,24). The van der Waals surface area contributed by atoms with Gasteiger partial charge in [-0.1, -0.05) is 57.6 Å². The Bertz CT molecular complexity index is 603. The number of hydroxylamine groups is 1. The van der Waals surface area contributed by atoms with Crippen LogP contribution in [0.5, 0.6) is 0 Å². The molecule has 26 heavy (non-hydrogen) atoms. The van der Waals surface area contributed by atoms with Gasteiger partial charge in [0.1, 0.15) is 0 Å². The molecule has 0 fully saturated rings. The molecule has 1 rings (SSSR count). The van der Waals surface area contributed by atoms with Crippen molar-refractivity contribution in [2.75, 3.05) is 0 Å². The Hall–Kier alpha value is -2.45. The van der Waals surface area contributed by atoms with Crippen molar-refractivity contribution >= 4 is 17.8 Å². The Kier molecular flexibility index (Phi) is 9.96. The summed E-state index contributed by atoms with van der Waals surface area (Å²) in [6.07, 6.45) is 5.05. The van der Waals surface area contributed by atoms with E-state index in [2.05, 4.69) is 11.9 Å². The minimum Gasteiger partial charge on any atom is -0.479 e. The highest BCUT2D eigenvalue weighted by Gasteiger charge is 2.21. The molecule has 1 aromatic carbocycles. The maximum Gasteiger partial charge on any atom is 0.336 e. The summed E-state index contributed by atoms with van der Waals surface area (Å²) >= 11 is 0. The van der Waals surface area contributed by atoms with Crippen molar-refractivity contribution in [1.29, 1.82) is 0 Å². The number of aromatic carboxylic acids is 1. The summed E-state index contributed by atoms with van der Waals surface area (Å²) in [4.78, 5) is 43.5. The predicted octanol–water partition coefficient (Wildman–Crippen LogP) is 3.18. The van der Waals surface area contributed by atoms with E-state index in [1.54, 1.807) is 0 Å². The van der Waals surface area contributed by atoms with Gasteiger partial charge in [-0.25, -0.2) is 9.59 Å². The SMILES string of the molecule is CCCCCCCCC(OONC(=O)c1ccccc1C(=O)O)C(=O)O. The van der Waals surface area contributed by atoms with E-state index in [0.717, 1.165) is 32.1 Å². The maximum absolute atomic E-state index is 12.0. The van der Waals surface area contributed by atoms with Crippen LogP contribution >= 0.6 is 0 Å². The highest BCUT2D eigenvalue weighted by molar-refractivity contribution is 6.04. The zero-order valence-corrected chi connectivity index (χ0v) is 14.8. The van der Waals surface area contributed by atoms with Crippen molar-refractivity contribution in [2.24, 2.45) is 0 Å². The van der Waals surface area contributed by atoms with Crippen LogP contribution in [0.1, 0.15) is 72.6 Å².